The fourth-order valence-electron chi connectivity index (χ4n) is 2.87. The van der Waals surface area contributed by atoms with Crippen LogP contribution in [0.4, 0.5) is 5.69 Å². The van der Waals surface area contributed by atoms with Gasteiger partial charge in [-0.05, 0) is 67.9 Å². The Morgan fingerprint density at radius 3 is 2.48 bits per heavy atom. The Kier molecular flexibility index (Phi) is 6.05. The van der Waals surface area contributed by atoms with E-state index in [0.717, 1.165) is 11.3 Å². The van der Waals surface area contributed by atoms with Crippen LogP contribution >= 0.6 is 34.8 Å². The predicted molar refractivity (Wildman–Crippen MR) is 124 cm³/mol. The smallest absolute Gasteiger partial charge is 0.265 e. The van der Waals surface area contributed by atoms with Crippen molar-refractivity contribution in [2.75, 3.05) is 5.32 Å². The van der Waals surface area contributed by atoms with Crippen LogP contribution in [0.5, 0.6) is 5.75 Å². The molecular weight excluding hydrogens is 459 g/mol. The third-order valence-corrected chi connectivity index (χ3v) is 5.54. The Morgan fingerprint density at radius 1 is 0.968 bits per heavy atom. The largest absolute Gasteiger partial charge is 0.479 e. The summed E-state index contributed by atoms with van der Waals surface area (Å²) in [6, 6.07) is 15.7. The van der Waals surface area contributed by atoms with Crippen molar-refractivity contribution in [2.24, 2.45) is 0 Å². The zero-order chi connectivity index (χ0) is 22.1. The third-order valence-electron chi connectivity index (χ3n) is 4.60. The summed E-state index contributed by atoms with van der Waals surface area (Å²) in [7, 11) is 0. The van der Waals surface area contributed by atoms with Crippen LogP contribution in [0.25, 0.3) is 16.7 Å². The van der Waals surface area contributed by atoms with Crippen LogP contribution < -0.4 is 10.1 Å². The first-order valence-electron chi connectivity index (χ1n) is 9.36. The Labute approximate surface area is 193 Å². The highest BCUT2D eigenvalue weighted by molar-refractivity contribution is 6.35. The van der Waals surface area contributed by atoms with Crippen LogP contribution in [-0.2, 0) is 4.79 Å². The van der Waals surface area contributed by atoms with Crippen molar-refractivity contribution in [3.8, 4) is 11.4 Å². The molecule has 4 aromatic rings. The van der Waals surface area contributed by atoms with Gasteiger partial charge in [0.05, 0.1) is 10.7 Å². The molecule has 3 aromatic carbocycles. The highest BCUT2D eigenvalue weighted by atomic mass is 35.5. The average Bonchev–Trinajstić information content (AvgIpc) is 3.15. The van der Waals surface area contributed by atoms with Crippen molar-refractivity contribution in [3.63, 3.8) is 0 Å². The van der Waals surface area contributed by atoms with E-state index in [1.807, 2.05) is 19.1 Å². The molecule has 0 saturated carbocycles. The topological polar surface area (TPSA) is 69.0 Å². The van der Waals surface area contributed by atoms with Crippen molar-refractivity contribution in [3.05, 3.63) is 75.2 Å². The number of carbonyl (C=O) groups is 1. The van der Waals surface area contributed by atoms with Gasteiger partial charge < -0.3 is 10.1 Å². The van der Waals surface area contributed by atoms with Gasteiger partial charge in [-0.2, -0.15) is 4.80 Å². The molecule has 1 amide bonds. The summed E-state index contributed by atoms with van der Waals surface area (Å²) in [5, 5.41) is 13.2. The maximum atomic E-state index is 12.6. The Balaban J connectivity index is 1.50. The monoisotopic (exact) mass is 474 g/mol. The van der Waals surface area contributed by atoms with Gasteiger partial charge in [0, 0.05) is 15.7 Å². The third kappa shape index (κ3) is 4.77. The number of hydrogen-bond donors (Lipinski definition) is 1. The molecule has 1 unspecified atom stereocenters. The number of amides is 1. The van der Waals surface area contributed by atoms with Gasteiger partial charge in [0.25, 0.3) is 5.91 Å². The summed E-state index contributed by atoms with van der Waals surface area (Å²) in [4.78, 5) is 14.1. The number of nitrogens with zero attached hydrogens (tertiary/aromatic N) is 3. The van der Waals surface area contributed by atoms with E-state index in [-0.39, 0.29) is 5.91 Å². The molecule has 0 aliphatic rings. The molecule has 0 saturated heterocycles. The van der Waals surface area contributed by atoms with E-state index >= 15 is 0 Å². The molecule has 158 valence electrons. The lowest BCUT2D eigenvalue weighted by Gasteiger charge is -2.15. The first-order chi connectivity index (χ1) is 14.8. The lowest BCUT2D eigenvalue weighted by atomic mass is 10.2. The molecule has 0 radical (unpaired) electrons. The van der Waals surface area contributed by atoms with E-state index in [4.69, 9.17) is 39.5 Å². The minimum Gasteiger partial charge on any atom is -0.479 e. The molecule has 31 heavy (non-hydrogen) atoms. The van der Waals surface area contributed by atoms with E-state index in [1.165, 1.54) is 4.80 Å². The molecule has 1 atom stereocenters. The Morgan fingerprint density at radius 2 is 1.74 bits per heavy atom. The zero-order valence-electron chi connectivity index (χ0n) is 16.6. The molecule has 0 aliphatic carbocycles. The van der Waals surface area contributed by atoms with Gasteiger partial charge in [-0.1, -0.05) is 40.9 Å². The van der Waals surface area contributed by atoms with Crippen LogP contribution in [0, 0.1) is 6.92 Å². The molecule has 6 nitrogen and oxygen atoms in total. The molecule has 0 spiro atoms. The quantitative estimate of drug-likeness (QED) is 0.379. The minimum absolute atomic E-state index is 0.330. The van der Waals surface area contributed by atoms with Crippen LogP contribution in [-0.4, -0.2) is 27.0 Å². The Bertz CT molecular complexity index is 1290. The number of hydrogen-bond acceptors (Lipinski definition) is 4. The number of rotatable bonds is 5. The molecule has 9 heteroatoms. The minimum atomic E-state index is -0.778. The van der Waals surface area contributed by atoms with Crippen molar-refractivity contribution >= 4 is 57.4 Å². The van der Waals surface area contributed by atoms with Crippen molar-refractivity contribution in [1.29, 1.82) is 0 Å². The first-order valence-corrected chi connectivity index (χ1v) is 10.5. The molecule has 0 fully saturated rings. The van der Waals surface area contributed by atoms with E-state index in [2.05, 4.69) is 15.5 Å². The Hall–Kier alpha value is -2.80. The van der Waals surface area contributed by atoms with Crippen molar-refractivity contribution in [1.82, 2.24) is 15.0 Å². The second-order valence-corrected chi connectivity index (χ2v) is 8.20. The number of ether oxygens (including phenoxy) is 1. The number of fused-ring (bicyclic) bond motifs is 1. The summed E-state index contributed by atoms with van der Waals surface area (Å²) in [5.74, 6) is 0.0481. The molecule has 0 aliphatic heterocycles. The molecular formula is C22H17Cl3N4O2. The maximum absolute atomic E-state index is 12.6. The van der Waals surface area contributed by atoms with Crippen LogP contribution in [0.3, 0.4) is 0 Å². The van der Waals surface area contributed by atoms with Gasteiger partial charge in [-0.3, -0.25) is 4.79 Å². The van der Waals surface area contributed by atoms with Crippen LogP contribution in [0.1, 0.15) is 12.5 Å². The molecule has 1 heterocycles. The number of halogens is 3. The van der Waals surface area contributed by atoms with E-state index < -0.39 is 6.10 Å². The number of aromatic nitrogens is 3. The van der Waals surface area contributed by atoms with Crippen molar-refractivity contribution in [2.45, 2.75) is 20.0 Å². The fourth-order valence-corrected chi connectivity index (χ4v) is 3.50. The second kappa shape index (κ2) is 8.75. The lowest BCUT2D eigenvalue weighted by Crippen LogP contribution is -2.30. The van der Waals surface area contributed by atoms with Crippen LogP contribution in [0.15, 0.2) is 54.6 Å². The van der Waals surface area contributed by atoms with Gasteiger partial charge in [-0.15, -0.1) is 10.2 Å². The van der Waals surface area contributed by atoms with Gasteiger partial charge in [0.15, 0.2) is 6.10 Å². The predicted octanol–water partition coefficient (Wildman–Crippen LogP) is 6.10. The molecule has 1 aromatic heterocycles. The molecule has 4 rings (SSSR count). The number of benzene rings is 3. The summed E-state index contributed by atoms with van der Waals surface area (Å²) in [6.45, 7) is 3.57. The molecule has 0 bridgehead atoms. The average molecular weight is 476 g/mol. The lowest BCUT2D eigenvalue weighted by molar-refractivity contribution is -0.122. The van der Waals surface area contributed by atoms with Gasteiger partial charge >= 0.3 is 0 Å². The van der Waals surface area contributed by atoms with E-state index in [1.54, 1.807) is 49.4 Å². The summed E-state index contributed by atoms with van der Waals surface area (Å²) in [6.07, 6.45) is -0.778. The van der Waals surface area contributed by atoms with Gasteiger partial charge in [0.1, 0.15) is 16.8 Å². The number of carbonyl (C=O) groups excluding carboxylic acids is 1. The summed E-state index contributed by atoms with van der Waals surface area (Å²) < 4.78 is 5.66. The molecule has 1 N–H and O–H groups in total. The SMILES string of the molecule is Cc1ccc(-n2nc3ccc(NC(=O)C(C)Oc4ccc(Cl)cc4Cl)cc3n2)cc1Cl. The van der Waals surface area contributed by atoms with E-state index in [9.17, 15) is 4.79 Å². The van der Waals surface area contributed by atoms with Gasteiger partial charge in [-0.25, -0.2) is 0 Å². The first kappa shape index (κ1) is 21.4. The second-order valence-electron chi connectivity index (χ2n) is 6.95. The van der Waals surface area contributed by atoms with Gasteiger partial charge in [0.2, 0.25) is 0 Å². The standard InChI is InChI=1S/C22H17Cl3N4O2/c1-12-3-6-16(11-17(12)24)29-27-19-7-5-15(10-20(19)28-29)26-22(30)13(2)31-21-8-4-14(23)9-18(21)25/h3-11,13H,1-2H3,(H,26,30). The number of aryl methyl sites for hydroxylation is 1. The number of anilines is 1. The number of nitrogens with one attached hydrogen (secondary N) is 1. The summed E-state index contributed by atoms with van der Waals surface area (Å²) in [5.41, 5.74) is 3.61. The maximum Gasteiger partial charge on any atom is 0.265 e. The zero-order valence-corrected chi connectivity index (χ0v) is 18.8. The van der Waals surface area contributed by atoms with Crippen molar-refractivity contribution < 1.29 is 9.53 Å². The highest BCUT2D eigenvalue weighted by Crippen LogP contribution is 2.28. The summed E-state index contributed by atoms with van der Waals surface area (Å²) >= 11 is 18.2. The fraction of sp³-hybridized carbons (Fsp3) is 0.136. The normalized spacial score (nSPS) is 12.0. The van der Waals surface area contributed by atoms with E-state index in [0.29, 0.717) is 37.5 Å². The highest BCUT2D eigenvalue weighted by Gasteiger charge is 2.17. The van der Waals surface area contributed by atoms with Crippen LogP contribution in [0.2, 0.25) is 15.1 Å².